The van der Waals surface area contributed by atoms with Gasteiger partial charge < -0.3 is 19.7 Å². The zero-order valence-electron chi connectivity index (χ0n) is 12.0. The molecule has 0 aliphatic heterocycles. The summed E-state index contributed by atoms with van der Waals surface area (Å²) < 4.78 is 19.0. The number of nitrogens with zero attached hydrogens (tertiary/aromatic N) is 1. The average molecular weight is 289 g/mol. The minimum atomic E-state index is -1.55. The van der Waals surface area contributed by atoms with E-state index in [0.717, 1.165) is 5.56 Å². The molecular formula is C15H17BFNO3. The van der Waals surface area contributed by atoms with Gasteiger partial charge >= 0.3 is 7.12 Å². The fraction of sp³-hybridized carbons (Fsp3) is 0.200. The van der Waals surface area contributed by atoms with Crippen LogP contribution in [0.2, 0.25) is 0 Å². The number of hydrogen-bond acceptors (Lipinski definition) is 4. The van der Waals surface area contributed by atoms with Crippen LogP contribution in [0.3, 0.4) is 0 Å². The Bertz CT molecular complexity index is 622. The second-order valence-electron chi connectivity index (χ2n) is 4.75. The van der Waals surface area contributed by atoms with Crippen LogP contribution in [0.15, 0.2) is 42.5 Å². The van der Waals surface area contributed by atoms with Crippen molar-refractivity contribution in [2.75, 3.05) is 19.1 Å². The fourth-order valence-electron chi connectivity index (χ4n) is 2.18. The maximum absolute atomic E-state index is 13.8. The summed E-state index contributed by atoms with van der Waals surface area (Å²) in [4.78, 5) is 1.74. The van der Waals surface area contributed by atoms with Crippen molar-refractivity contribution >= 4 is 18.3 Å². The number of para-hydroxylation sites is 1. The Hall–Kier alpha value is -2.05. The third-order valence-electron chi connectivity index (χ3n) is 3.27. The lowest BCUT2D eigenvalue weighted by Gasteiger charge is -2.21. The lowest BCUT2D eigenvalue weighted by atomic mass is 9.79. The largest absolute Gasteiger partial charge is 0.496 e. The smallest absolute Gasteiger partial charge is 0.488 e. The first-order chi connectivity index (χ1) is 10.0. The molecule has 0 saturated heterocycles. The Morgan fingerprint density at radius 1 is 1.19 bits per heavy atom. The first-order valence-electron chi connectivity index (χ1n) is 6.51. The molecule has 0 fully saturated rings. The van der Waals surface area contributed by atoms with Gasteiger partial charge in [-0.3, -0.25) is 0 Å². The lowest BCUT2D eigenvalue weighted by molar-refractivity contribution is 0.409. The minimum absolute atomic E-state index is 0.308. The molecule has 0 atom stereocenters. The molecule has 2 aromatic rings. The van der Waals surface area contributed by atoms with Crippen molar-refractivity contribution in [3.05, 3.63) is 53.8 Å². The number of anilines is 1. The molecule has 0 aliphatic rings. The van der Waals surface area contributed by atoms with E-state index in [2.05, 4.69) is 0 Å². The van der Waals surface area contributed by atoms with Gasteiger partial charge in [0, 0.05) is 19.2 Å². The van der Waals surface area contributed by atoms with Crippen LogP contribution in [0.4, 0.5) is 10.1 Å². The van der Waals surface area contributed by atoms with Crippen molar-refractivity contribution < 1.29 is 19.2 Å². The molecule has 6 heteroatoms. The van der Waals surface area contributed by atoms with Crippen LogP contribution in [-0.4, -0.2) is 31.3 Å². The Morgan fingerprint density at radius 2 is 1.90 bits per heavy atom. The molecular weight excluding hydrogens is 272 g/mol. The first kappa shape index (κ1) is 15.3. The van der Waals surface area contributed by atoms with Crippen LogP contribution in [0.5, 0.6) is 5.75 Å². The molecule has 2 N–H and O–H groups in total. The topological polar surface area (TPSA) is 52.9 Å². The molecule has 110 valence electrons. The second-order valence-corrected chi connectivity index (χ2v) is 4.75. The van der Waals surface area contributed by atoms with Crippen LogP contribution in [-0.2, 0) is 6.54 Å². The van der Waals surface area contributed by atoms with E-state index in [1.165, 1.54) is 13.2 Å². The molecule has 0 saturated carbocycles. The second kappa shape index (κ2) is 6.60. The highest BCUT2D eigenvalue weighted by atomic mass is 19.1. The van der Waals surface area contributed by atoms with Crippen LogP contribution < -0.4 is 15.1 Å². The summed E-state index contributed by atoms with van der Waals surface area (Å²) in [7, 11) is 1.75. The van der Waals surface area contributed by atoms with Gasteiger partial charge in [-0.2, -0.15) is 0 Å². The highest BCUT2D eigenvalue weighted by molar-refractivity contribution is 6.58. The number of methoxy groups -OCH3 is 1. The standard InChI is InChI=1S/C15H17BFNO3/c1-18(14-6-4-3-5-13(14)17)10-11-9-12(16(19)20)7-8-15(11)21-2/h3-9,19-20H,10H2,1-2H3. The molecule has 0 heterocycles. The van der Waals surface area contributed by atoms with E-state index < -0.39 is 7.12 Å². The van der Waals surface area contributed by atoms with Crippen molar-refractivity contribution in [3.8, 4) is 5.75 Å². The average Bonchev–Trinajstić information content (AvgIpc) is 2.47. The zero-order chi connectivity index (χ0) is 15.4. The summed E-state index contributed by atoms with van der Waals surface area (Å²) in [5.74, 6) is 0.305. The number of hydrogen-bond donors (Lipinski definition) is 2. The van der Waals surface area contributed by atoms with Crippen molar-refractivity contribution in [2.24, 2.45) is 0 Å². The molecule has 21 heavy (non-hydrogen) atoms. The molecule has 0 spiro atoms. The fourth-order valence-corrected chi connectivity index (χ4v) is 2.18. The van der Waals surface area contributed by atoms with E-state index in [1.807, 2.05) is 0 Å². The maximum atomic E-state index is 13.8. The van der Waals surface area contributed by atoms with Gasteiger partial charge in [0.05, 0.1) is 12.8 Å². The Kier molecular flexibility index (Phi) is 4.83. The SMILES string of the molecule is COc1ccc(B(O)O)cc1CN(C)c1ccccc1F. The quantitative estimate of drug-likeness (QED) is 0.811. The van der Waals surface area contributed by atoms with E-state index in [9.17, 15) is 14.4 Å². The van der Waals surface area contributed by atoms with E-state index >= 15 is 0 Å². The summed E-state index contributed by atoms with van der Waals surface area (Å²) in [6, 6.07) is 11.4. The predicted octanol–water partition coefficient (Wildman–Crippen LogP) is 1.15. The summed E-state index contributed by atoms with van der Waals surface area (Å²) in [6.07, 6.45) is 0. The molecule has 2 rings (SSSR count). The zero-order valence-corrected chi connectivity index (χ0v) is 12.0. The van der Waals surface area contributed by atoms with Gasteiger partial charge in [0.1, 0.15) is 11.6 Å². The number of halogens is 1. The van der Waals surface area contributed by atoms with Crippen molar-refractivity contribution in [2.45, 2.75) is 6.54 Å². The molecule has 0 amide bonds. The highest BCUT2D eigenvalue weighted by Gasteiger charge is 2.16. The van der Waals surface area contributed by atoms with Crippen LogP contribution in [0.1, 0.15) is 5.56 Å². The number of rotatable bonds is 5. The lowest BCUT2D eigenvalue weighted by Crippen LogP contribution is -2.30. The van der Waals surface area contributed by atoms with Crippen molar-refractivity contribution in [1.82, 2.24) is 0 Å². The number of benzene rings is 2. The highest BCUT2D eigenvalue weighted by Crippen LogP contribution is 2.23. The van der Waals surface area contributed by atoms with Crippen molar-refractivity contribution in [1.29, 1.82) is 0 Å². The molecule has 0 radical (unpaired) electrons. The van der Waals surface area contributed by atoms with E-state index in [0.29, 0.717) is 23.4 Å². The van der Waals surface area contributed by atoms with E-state index in [-0.39, 0.29) is 5.82 Å². The number of ether oxygens (including phenoxy) is 1. The van der Waals surface area contributed by atoms with Gasteiger partial charge in [-0.1, -0.05) is 24.3 Å². The van der Waals surface area contributed by atoms with Gasteiger partial charge in [0.2, 0.25) is 0 Å². The first-order valence-corrected chi connectivity index (χ1v) is 6.51. The van der Waals surface area contributed by atoms with E-state index in [1.54, 1.807) is 48.3 Å². The van der Waals surface area contributed by atoms with Gasteiger partial charge in [-0.05, 0) is 23.7 Å². The van der Waals surface area contributed by atoms with E-state index in [4.69, 9.17) is 4.74 Å². The maximum Gasteiger partial charge on any atom is 0.488 e. The van der Waals surface area contributed by atoms with Gasteiger partial charge in [-0.25, -0.2) is 4.39 Å². The molecule has 0 bridgehead atoms. The molecule has 0 unspecified atom stereocenters. The van der Waals surface area contributed by atoms with Crippen molar-refractivity contribution in [3.63, 3.8) is 0 Å². The van der Waals surface area contributed by atoms with Crippen LogP contribution >= 0.6 is 0 Å². The van der Waals surface area contributed by atoms with Gasteiger partial charge in [0.25, 0.3) is 0 Å². The molecule has 2 aromatic carbocycles. The monoisotopic (exact) mass is 289 g/mol. The summed E-state index contributed by atoms with van der Waals surface area (Å²) in [5.41, 5.74) is 1.58. The Balaban J connectivity index is 2.29. The van der Waals surface area contributed by atoms with Gasteiger partial charge in [-0.15, -0.1) is 0 Å². The molecule has 4 nitrogen and oxygen atoms in total. The van der Waals surface area contributed by atoms with Gasteiger partial charge in [0.15, 0.2) is 0 Å². The van der Waals surface area contributed by atoms with Crippen LogP contribution in [0.25, 0.3) is 0 Å². The summed E-state index contributed by atoms with van der Waals surface area (Å²) in [5, 5.41) is 18.5. The molecule has 0 aliphatic carbocycles. The third-order valence-corrected chi connectivity index (χ3v) is 3.27. The molecule has 0 aromatic heterocycles. The third kappa shape index (κ3) is 3.54. The summed E-state index contributed by atoms with van der Waals surface area (Å²) in [6.45, 7) is 0.380. The van der Waals surface area contributed by atoms with Crippen LogP contribution in [0, 0.1) is 5.82 Å². The predicted molar refractivity (Wildman–Crippen MR) is 81.3 cm³/mol. The minimum Gasteiger partial charge on any atom is -0.496 e. The normalized spacial score (nSPS) is 10.3. The summed E-state index contributed by atoms with van der Waals surface area (Å²) >= 11 is 0. The Labute approximate surface area is 123 Å². The Morgan fingerprint density at radius 3 is 2.52 bits per heavy atom.